The van der Waals surface area contributed by atoms with Gasteiger partial charge in [-0.2, -0.15) is 18.4 Å². The highest BCUT2D eigenvalue weighted by Crippen LogP contribution is 2.16. The van der Waals surface area contributed by atoms with Crippen LogP contribution in [0.5, 0.6) is 0 Å². The van der Waals surface area contributed by atoms with Gasteiger partial charge in [0.15, 0.2) is 0 Å². The summed E-state index contributed by atoms with van der Waals surface area (Å²) in [7, 11) is 1.63. The fourth-order valence-electron chi connectivity index (χ4n) is 1.42. The molecule has 1 unspecified atom stereocenters. The summed E-state index contributed by atoms with van der Waals surface area (Å²) >= 11 is 0. The van der Waals surface area contributed by atoms with Crippen LogP contribution in [0.2, 0.25) is 0 Å². The van der Waals surface area contributed by atoms with Gasteiger partial charge in [-0.15, -0.1) is 0 Å². The molecule has 0 radical (unpaired) electrons. The molecule has 3 nitrogen and oxygen atoms in total. The van der Waals surface area contributed by atoms with Crippen LogP contribution in [-0.2, 0) is 0 Å². The fraction of sp³-hybridized carbons (Fsp3) is 0.900. The molecule has 0 spiro atoms. The molecular weight excluding hydrogens is 219 g/mol. The predicted molar refractivity (Wildman–Crippen MR) is 55.9 cm³/mol. The van der Waals surface area contributed by atoms with Crippen LogP contribution in [-0.4, -0.2) is 43.8 Å². The van der Waals surface area contributed by atoms with Gasteiger partial charge in [0.2, 0.25) is 0 Å². The van der Waals surface area contributed by atoms with Gasteiger partial charge >= 0.3 is 6.18 Å². The first kappa shape index (κ1) is 15.2. The second-order valence-corrected chi connectivity index (χ2v) is 3.65. The van der Waals surface area contributed by atoms with Crippen LogP contribution in [0.3, 0.4) is 0 Å². The highest BCUT2D eigenvalue weighted by molar-refractivity contribution is 4.89. The Morgan fingerprint density at radius 3 is 2.38 bits per heavy atom. The molecule has 0 heterocycles. The van der Waals surface area contributed by atoms with Crippen molar-refractivity contribution >= 4 is 0 Å². The monoisotopic (exact) mass is 237 g/mol. The van der Waals surface area contributed by atoms with Gasteiger partial charge in [0.1, 0.15) is 0 Å². The van der Waals surface area contributed by atoms with E-state index in [9.17, 15) is 13.2 Å². The van der Waals surface area contributed by atoms with E-state index in [1.54, 1.807) is 7.05 Å². The second kappa shape index (κ2) is 7.47. The van der Waals surface area contributed by atoms with Gasteiger partial charge < -0.3 is 5.32 Å². The van der Waals surface area contributed by atoms with Crippen LogP contribution in [0.15, 0.2) is 0 Å². The number of nitriles is 1. The minimum Gasteiger partial charge on any atom is -0.305 e. The Labute approximate surface area is 94.2 Å². The van der Waals surface area contributed by atoms with Crippen molar-refractivity contribution in [3.8, 4) is 6.07 Å². The lowest BCUT2D eigenvalue weighted by atomic mass is 10.2. The SMILES string of the molecule is CCCN(CCC(C#N)NC)CC(F)(F)F. The standard InChI is InChI=1S/C10H18F3N3/c1-3-5-16(8-10(11,12)13)6-4-9(7-14)15-2/h9,15H,3-6,8H2,1-2H3. The van der Waals surface area contributed by atoms with Crippen molar-refractivity contribution in [3.63, 3.8) is 0 Å². The van der Waals surface area contributed by atoms with Crippen molar-refractivity contribution < 1.29 is 13.2 Å². The van der Waals surface area contributed by atoms with Gasteiger partial charge in [-0.25, -0.2) is 0 Å². The van der Waals surface area contributed by atoms with Crippen LogP contribution < -0.4 is 5.32 Å². The van der Waals surface area contributed by atoms with E-state index in [1.165, 1.54) is 4.90 Å². The summed E-state index contributed by atoms with van der Waals surface area (Å²) in [6.45, 7) is 1.62. The molecular formula is C10H18F3N3. The molecule has 1 N–H and O–H groups in total. The van der Waals surface area contributed by atoms with Crippen molar-refractivity contribution in [3.05, 3.63) is 0 Å². The molecule has 0 bridgehead atoms. The molecule has 0 aliphatic heterocycles. The smallest absolute Gasteiger partial charge is 0.305 e. The molecule has 0 aromatic carbocycles. The van der Waals surface area contributed by atoms with Gasteiger partial charge in [-0.3, -0.25) is 4.90 Å². The first-order chi connectivity index (χ1) is 7.42. The van der Waals surface area contributed by atoms with Crippen molar-refractivity contribution in [2.24, 2.45) is 0 Å². The molecule has 0 aromatic rings. The highest BCUT2D eigenvalue weighted by atomic mass is 19.4. The lowest BCUT2D eigenvalue weighted by Gasteiger charge is -2.23. The molecule has 0 aliphatic rings. The van der Waals surface area contributed by atoms with Crippen LogP contribution in [0, 0.1) is 11.3 Å². The largest absolute Gasteiger partial charge is 0.401 e. The summed E-state index contributed by atoms with van der Waals surface area (Å²) in [6.07, 6.45) is -3.09. The maximum atomic E-state index is 12.2. The van der Waals surface area contributed by atoms with Crippen LogP contribution >= 0.6 is 0 Å². The summed E-state index contributed by atoms with van der Waals surface area (Å²) in [6, 6.07) is 1.61. The molecule has 0 rings (SSSR count). The Hall–Kier alpha value is -0.800. The van der Waals surface area contributed by atoms with Gasteiger partial charge in [0.25, 0.3) is 0 Å². The third kappa shape index (κ3) is 7.49. The van der Waals surface area contributed by atoms with Crippen molar-refractivity contribution in [2.75, 3.05) is 26.7 Å². The number of alkyl halides is 3. The quantitative estimate of drug-likeness (QED) is 0.733. The first-order valence-electron chi connectivity index (χ1n) is 5.29. The molecule has 0 fully saturated rings. The topological polar surface area (TPSA) is 39.1 Å². The van der Waals surface area contributed by atoms with E-state index in [0.717, 1.165) is 0 Å². The van der Waals surface area contributed by atoms with Crippen molar-refractivity contribution in [2.45, 2.75) is 32.0 Å². The molecule has 94 valence electrons. The average molecular weight is 237 g/mol. The van der Waals surface area contributed by atoms with E-state index in [0.29, 0.717) is 19.4 Å². The normalized spacial score (nSPS) is 13.8. The van der Waals surface area contributed by atoms with Crippen molar-refractivity contribution in [1.29, 1.82) is 5.26 Å². The number of nitrogens with one attached hydrogen (secondary N) is 1. The van der Waals surface area contributed by atoms with Gasteiger partial charge in [-0.1, -0.05) is 6.92 Å². The molecule has 0 saturated carbocycles. The fourth-order valence-corrected chi connectivity index (χ4v) is 1.42. The van der Waals surface area contributed by atoms with E-state index < -0.39 is 12.7 Å². The number of hydrogen-bond acceptors (Lipinski definition) is 3. The predicted octanol–water partition coefficient (Wildman–Crippen LogP) is 1.76. The Balaban J connectivity index is 4.08. The zero-order valence-corrected chi connectivity index (χ0v) is 9.64. The summed E-state index contributed by atoms with van der Waals surface area (Å²) < 4.78 is 36.6. The molecule has 0 amide bonds. The van der Waals surface area contributed by atoms with Crippen LogP contribution in [0.25, 0.3) is 0 Å². The van der Waals surface area contributed by atoms with E-state index in [2.05, 4.69) is 5.32 Å². The van der Waals surface area contributed by atoms with Gasteiger partial charge in [0, 0.05) is 6.54 Å². The zero-order chi connectivity index (χ0) is 12.6. The lowest BCUT2D eigenvalue weighted by molar-refractivity contribution is -0.146. The Kier molecular flexibility index (Phi) is 7.10. The van der Waals surface area contributed by atoms with E-state index in [4.69, 9.17) is 5.26 Å². The molecule has 0 aromatic heterocycles. The van der Waals surface area contributed by atoms with Crippen molar-refractivity contribution in [1.82, 2.24) is 10.2 Å². The molecule has 1 atom stereocenters. The molecule has 0 aliphatic carbocycles. The minimum atomic E-state index is -4.17. The Bertz CT molecular complexity index is 222. The Morgan fingerprint density at radius 1 is 1.38 bits per heavy atom. The highest BCUT2D eigenvalue weighted by Gasteiger charge is 2.30. The molecule has 0 saturated heterocycles. The average Bonchev–Trinajstić information content (AvgIpc) is 2.17. The second-order valence-electron chi connectivity index (χ2n) is 3.65. The third-order valence-electron chi connectivity index (χ3n) is 2.18. The summed E-state index contributed by atoms with van der Waals surface area (Å²) in [5.74, 6) is 0. The molecule has 16 heavy (non-hydrogen) atoms. The maximum absolute atomic E-state index is 12.2. The third-order valence-corrected chi connectivity index (χ3v) is 2.18. The molecule has 6 heteroatoms. The lowest BCUT2D eigenvalue weighted by Crippen LogP contribution is -2.38. The summed E-state index contributed by atoms with van der Waals surface area (Å²) in [5.41, 5.74) is 0. The van der Waals surface area contributed by atoms with E-state index >= 15 is 0 Å². The summed E-state index contributed by atoms with van der Waals surface area (Å²) in [5, 5.41) is 11.4. The zero-order valence-electron chi connectivity index (χ0n) is 9.64. The minimum absolute atomic E-state index is 0.284. The van der Waals surface area contributed by atoms with Crippen LogP contribution in [0.1, 0.15) is 19.8 Å². The number of hydrogen-bond donors (Lipinski definition) is 1. The van der Waals surface area contributed by atoms with Crippen LogP contribution in [0.4, 0.5) is 13.2 Å². The van der Waals surface area contributed by atoms with E-state index in [1.807, 2.05) is 13.0 Å². The number of rotatable bonds is 7. The van der Waals surface area contributed by atoms with E-state index in [-0.39, 0.29) is 12.6 Å². The summed E-state index contributed by atoms with van der Waals surface area (Å²) in [4.78, 5) is 1.34. The first-order valence-corrected chi connectivity index (χ1v) is 5.29. The van der Waals surface area contributed by atoms with Gasteiger partial charge in [0.05, 0.1) is 18.7 Å². The maximum Gasteiger partial charge on any atom is 0.401 e. The Morgan fingerprint density at radius 2 is 2.00 bits per heavy atom. The number of nitrogens with zero attached hydrogens (tertiary/aromatic N) is 2. The number of halogens is 3. The van der Waals surface area contributed by atoms with Gasteiger partial charge in [-0.05, 0) is 26.4 Å².